The first-order valence-corrected chi connectivity index (χ1v) is 4.50. The highest BCUT2D eigenvalue weighted by Gasteiger charge is 1.92. The van der Waals surface area contributed by atoms with Crippen LogP contribution >= 0.6 is 0 Å². The number of hydrogen-bond acceptors (Lipinski definition) is 3. The normalized spacial score (nSPS) is 10.5. The van der Waals surface area contributed by atoms with Crippen molar-refractivity contribution in [1.29, 1.82) is 0 Å². The lowest BCUT2D eigenvalue weighted by Gasteiger charge is -2.10. The molecule has 13 heavy (non-hydrogen) atoms. The fraction of sp³-hybridized carbons (Fsp3) is 0.500. The molecule has 74 valence electrons. The standard InChI is InChI=1S/C10H17N3.H2/c1-9-4-5-10(12-8-9)11-6-7-13(2)3;/h4-5,8H,6-7H2,1-3H3,(H,11,12);1H. The molecular weight excluding hydrogens is 162 g/mol. The summed E-state index contributed by atoms with van der Waals surface area (Å²) in [6.07, 6.45) is 1.87. The Labute approximate surface area is 81.3 Å². The lowest BCUT2D eigenvalue weighted by Crippen LogP contribution is -2.21. The van der Waals surface area contributed by atoms with Gasteiger partial charge in [0.1, 0.15) is 5.82 Å². The van der Waals surface area contributed by atoms with E-state index in [9.17, 15) is 0 Å². The summed E-state index contributed by atoms with van der Waals surface area (Å²) < 4.78 is 0. The molecule has 3 heteroatoms. The molecule has 0 aromatic carbocycles. The Morgan fingerprint density at radius 2 is 2.23 bits per heavy atom. The summed E-state index contributed by atoms with van der Waals surface area (Å²) >= 11 is 0. The van der Waals surface area contributed by atoms with Crippen molar-refractivity contribution in [3.05, 3.63) is 23.9 Å². The van der Waals surface area contributed by atoms with Crippen molar-refractivity contribution >= 4 is 5.82 Å². The minimum Gasteiger partial charge on any atom is -0.369 e. The monoisotopic (exact) mass is 181 g/mol. The third-order valence-corrected chi connectivity index (χ3v) is 1.78. The Balaban J connectivity index is 0.00000169. The molecule has 1 N–H and O–H groups in total. The smallest absolute Gasteiger partial charge is 0.125 e. The first-order chi connectivity index (χ1) is 6.18. The molecule has 0 aliphatic rings. The number of hydrogen-bond donors (Lipinski definition) is 1. The van der Waals surface area contributed by atoms with Crippen molar-refractivity contribution < 1.29 is 1.43 Å². The van der Waals surface area contributed by atoms with Gasteiger partial charge in [0.2, 0.25) is 0 Å². The van der Waals surface area contributed by atoms with E-state index in [1.165, 1.54) is 5.56 Å². The zero-order valence-corrected chi connectivity index (χ0v) is 8.54. The minimum atomic E-state index is 0. The molecule has 0 saturated heterocycles. The predicted molar refractivity (Wildman–Crippen MR) is 58.1 cm³/mol. The molecule has 0 saturated carbocycles. The second kappa shape index (κ2) is 4.82. The first kappa shape index (κ1) is 9.99. The van der Waals surface area contributed by atoms with Gasteiger partial charge in [0.05, 0.1) is 0 Å². The van der Waals surface area contributed by atoms with Crippen LogP contribution in [0.3, 0.4) is 0 Å². The molecule has 0 amide bonds. The number of pyridine rings is 1. The van der Waals surface area contributed by atoms with Crippen molar-refractivity contribution in [1.82, 2.24) is 9.88 Å². The highest BCUT2D eigenvalue weighted by atomic mass is 15.1. The van der Waals surface area contributed by atoms with Crippen LogP contribution in [0.2, 0.25) is 0 Å². The van der Waals surface area contributed by atoms with Crippen LogP contribution in [0.1, 0.15) is 6.99 Å². The molecule has 0 spiro atoms. The van der Waals surface area contributed by atoms with E-state index in [4.69, 9.17) is 0 Å². The molecule has 0 bridgehead atoms. The van der Waals surface area contributed by atoms with Crippen LogP contribution in [0.4, 0.5) is 5.82 Å². The molecule has 0 atom stereocenters. The largest absolute Gasteiger partial charge is 0.369 e. The molecule has 1 heterocycles. The van der Waals surface area contributed by atoms with Gasteiger partial charge in [-0.1, -0.05) is 6.07 Å². The van der Waals surface area contributed by atoms with Crippen LogP contribution in [-0.4, -0.2) is 37.1 Å². The topological polar surface area (TPSA) is 28.2 Å². The van der Waals surface area contributed by atoms with E-state index in [1.54, 1.807) is 0 Å². The van der Waals surface area contributed by atoms with E-state index in [2.05, 4.69) is 35.4 Å². The maximum absolute atomic E-state index is 4.25. The van der Waals surface area contributed by atoms with E-state index in [0.717, 1.165) is 18.9 Å². The Hall–Kier alpha value is -1.09. The molecule has 0 aliphatic heterocycles. The summed E-state index contributed by atoms with van der Waals surface area (Å²) in [6, 6.07) is 4.07. The number of aryl methyl sites for hydroxylation is 1. The Kier molecular flexibility index (Phi) is 3.71. The Morgan fingerprint density at radius 3 is 2.77 bits per heavy atom. The third kappa shape index (κ3) is 3.90. The molecular formula is C10H19N3. The van der Waals surface area contributed by atoms with Gasteiger partial charge in [0, 0.05) is 20.7 Å². The second-order valence-corrected chi connectivity index (χ2v) is 3.45. The molecule has 0 unspecified atom stereocenters. The van der Waals surface area contributed by atoms with Crippen molar-refractivity contribution in [2.24, 2.45) is 0 Å². The van der Waals surface area contributed by atoms with Crippen molar-refractivity contribution in [3.8, 4) is 0 Å². The summed E-state index contributed by atoms with van der Waals surface area (Å²) in [7, 11) is 4.12. The Bertz CT molecular complexity index is 246. The molecule has 1 aromatic heterocycles. The van der Waals surface area contributed by atoms with Gasteiger partial charge in [-0.3, -0.25) is 0 Å². The SMILES string of the molecule is Cc1ccc(NCCN(C)C)nc1.[HH]. The van der Waals surface area contributed by atoms with Gasteiger partial charge in [-0.15, -0.1) is 0 Å². The highest BCUT2D eigenvalue weighted by Crippen LogP contribution is 2.02. The van der Waals surface area contributed by atoms with Gasteiger partial charge in [-0.2, -0.15) is 0 Å². The minimum absolute atomic E-state index is 0. The molecule has 0 radical (unpaired) electrons. The summed E-state index contributed by atoms with van der Waals surface area (Å²) in [6.45, 7) is 4.00. The number of anilines is 1. The van der Waals surface area contributed by atoms with Crippen molar-refractivity contribution in [2.45, 2.75) is 6.92 Å². The number of nitrogens with one attached hydrogen (secondary N) is 1. The van der Waals surface area contributed by atoms with Gasteiger partial charge in [-0.25, -0.2) is 4.98 Å². The fourth-order valence-electron chi connectivity index (χ4n) is 0.980. The fourth-order valence-corrected chi connectivity index (χ4v) is 0.980. The van der Waals surface area contributed by atoms with E-state index < -0.39 is 0 Å². The molecule has 0 fully saturated rings. The Morgan fingerprint density at radius 1 is 1.46 bits per heavy atom. The number of rotatable bonds is 4. The summed E-state index contributed by atoms with van der Waals surface area (Å²) in [5.74, 6) is 0.951. The van der Waals surface area contributed by atoms with E-state index in [0.29, 0.717) is 0 Å². The lowest BCUT2D eigenvalue weighted by molar-refractivity contribution is 0.425. The molecule has 3 nitrogen and oxygen atoms in total. The number of aromatic nitrogens is 1. The van der Waals surface area contributed by atoms with Crippen LogP contribution in [0.25, 0.3) is 0 Å². The van der Waals surface area contributed by atoms with Gasteiger partial charge >= 0.3 is 0 Å². The number of likely N-dealkylation sites (N-methyl/N-ethyl adjacent to an activating group) is 1. The van der Waals surface area contributed by atoms with Crippen LogP contribution < -0.4 is 5.32 Å². The molecule has 1 rings (SSSR count). The van der Waals surface area contributed by atoms with Crippen LogP contribution in [0, 0.1) is 6.92 Å². The summed E-state index contributed by atoms with van der Waals surface area (Å²) in [5.41, 5.74) is 1.19. The molecule has 0 aliphatic carbocycles. The van der Waals surface area contributed by atoms with Crippen LogP contribution in [0.5, 0.6) is 0 Å². The predicted octanol–water partition coefficient (Wildman–Crippen LogP) is 1.61. The third-order valence-electron chi connectivity index (χ3n) is 1.78. The van der Waals surface area contributed by atoms with Gasteiger partial charge in [0.15, 0.2) is 0 Å². The van der Waals surface area contributed by atoms with Crippen molar-refractivity contribution in [2.75, 3.05) is 32.5 Å². The quantitative estimate of drug-likeness (QED) is 0.765. The van der Waals surface area contributed by atoms with Crippen LogP contribution in [-0.2, 0) is 0 Å². The van der Waals surface area contributed by atoms with Gasteiger partial charge in [0.25, 0.3) is 0 Å². The molecule has 1 aromatic rings. The number of nitrogens with zero attached hydrogens (tertiary/aromatic N) is 2. The average Bonchev–Trinajstić information content (AvgIpc) is 2.08. The van der Waals surface area contributed by atoms with Crippen molar-refractivity contribution in [3.63, 3.8) is 0 Å². The summed E-state index contributed by atoms with van der Waals surface area (Å²) in [5, 5.41) is 3.25. The van der Waals surface area contributed by atoms with Gasteiger partial charge < -0.3 is 10.2 Å². The van der Waals surface area contributed by atoms with Gasteiger partial charge in [-0.05, 0) is 32.6 Å². The van der Waals surface area contributed by atoms with E-state index >= 15 is 0 Å². The first-order valence-electron chi connectivity index (χ1n) is 4.50. The van der Waals surface area contributed by atoms with E-state index in [-0.39, 0.29) is 1.43 Å². The second-order valence-electron chi connectivity index (χ2n) is 3.45. The summed E-state index contributed by atoms with van der Waals surface area (Å²) in [4.78, 5) is 6.39. The zero-order valence-electron chi connectivity index (χ0n) is 8.54. The maximum atomic E-state index is 4.25. The van der Waals surface area contributed by atoms with Crippen LogP contribution in [0.15, 0.2) is 18.3 Å². The zero-order chi connectivity index (χ0) is 9.68. The highest BCUT2D eigenvalue weighted by molar-refractivity contribution is 5.34. The van der Waals surface area contributed by atoms with E-state index in [1.807, 2.05) is 19.2 Å². The maximum Gasteiger partial charge on any atom is 0.125 e. The lowest BCUT2D eigenvalue weighted by atomic mass is 10.3. The average molecular weight is 181 g/mol.